The van der Waals surface area contributed by atoms with Crippen LogP contribution in [0.5, 0.6) is 0 Å². The van der Waals surface area contributed by atoms with E-state index in [1.54, 1.807) is 0 Å². The van der Waals surface area contributed by atoms with Crippen molar-refractivity contribution < 1.29 is 0 Å². The van der Waals surface area contributed by atoms with E-state index in [0.717, 1.165) is 42.3 Å². The summed E-state index contributed by atoms with van der Waals surface area (Å²) in [7, 11) is 0. The fourth-order valence-corrected chi connectivity index (χ4v) is 4.20. The molecule has 146 valence electrons. The van der Waals surface area contributed by atoms with Gasteiger partial charge >= 0.3 is 0 Å². The van der Waals surface area contributed by atoms with Crippen molar-refractivity contribution in [1.29, 1.82) is 0 Å². The van der Waals surface area contributed by atoms with Gasteiger partial charge in [0.1, 0.15) is 11.6 Å². The minimum atomic E-state index is 0.408. The molecule has 0 bridgehead atoms. The second-order valence-corrected chi connectivity index (χ2v) is 8.18. The molecular formula is C25H26N4. The van der Waals surface area contributed by atoms with Crippen LogP contribution in [0.15, 0.2) is 48.8 Å². The maximum Gasteiger partial charge on any atom is 0.109 e. The fourth-order valence-electron chi connectivity index (χ4n) is 4.20. The third-order valence-corrected chi connectivity index (χ3v) is 5.89. The van der Waals surface area contributed by atoms with E-state index in [1.807, 2.05) is 12.4 Å². The van der Waals surface area contributed by atoms with E-state index in [4.69, 9.17) is 0 Å². The van der Waals surface area contributed by atoms with E-state index in [0.29, 0.717) is 5.92 Å². The summed E-state index contributed by atoms with van der Waals surface area (Å²) in [6.45, 7) is 6.44. The van der Waals surface area contributed by atoms with Gasteiger partial charge in [-0.2, -0.15) is 0 Å². The largest absolute Gasteiger partial charge is 0.342 e. The number of aromatic amines is 2. The van der Waals surface area contributed by atoms with Gasteiger partial charge < -0.3 is 9.97 Å². The normalized spacial score (nSPS) is 12.8. The zero-order chi connectivity index (χ0) is 20.0. The Morgan fingerprint density at radius 2 is 1.41 bits per heavy atom. The second kappa shape index (κ2) is 7.03. The Bertz CT molecular complexity index is 1180. The van der Waals surface area contributed by atoms with Gasteiger partial charge in [-0.25, -0.2) is 9.97 Å². The molecule has 0 aliphatic heterocycles. The first-order valence-electron chi connectivity index (χ1n) is 10.5. The molecule has 0 unspecified atom stereocenters. The van der Waals surface area contributed by atoms with Gasteiger partial charge in [-0.1, -0.05) is 45.0 Å². The number of H-pyrrole nitrogens is 2. The number of nitrogens with one attached hydrogen (secondary N) is 2. The number of hydrogen-bond acceptors (Lipinski definition) is 2. The summed E-state index contributed by atoms with van der Waals surface area (Å²) in [6, 6.07) is 13.6. The minimum absolute atomic E-state index is 0.408. The molecule has 5 rings (SSSR count). The van der Waals surface area contributed by atoms with Gasteiger partial charge in [0, 0.05) is 12.3 Å². The lowest BCUT2D eigenvalue weighted by molar-refractivity contribution is 0.795. The molecule has 1 aliphatic carbocycles. The smallest absolute Gasteiger partial charge is 0.109 e. The molecule has 0 saturated carbocycles. The maximum absolute atomic E-state index is 4.52. The van der Waals surface area contributed by atoms with Gasteiger partial charge in [-0.05, 0) is 58.4 Å². The van der Waals surface area contributed by atoms with E-state index in [2.05, 4.69) is 77.1 Å². The van der Waals surface area contributed by atoms with Gasteiger partial charge in [0.2, 0.25) is 0 Å². The molecule has 0 spiro atoms. The van der Waals surface area contributed by atoms with Crippen LogP contribution in [0.1, 0.15) is 49.5 Å². The molecule has 4 aromatic rings. The van der Waals surface area contributed by atoms with Crippen molar-refractivity contribution in [3.63, 3.8) is 0 Å². The molecule has 2 N–H and O–H groups in total. The molecule has 0 radical (unpaired) electrons. The first-order chi connectivity index (χ1) is 14.1. The summed E-state index contributed by atoms with van der Waals surface area (Å²) in [6.07, 6.45) is 6.95. The number of rotatable bonds is 4. The quantitative estimate of drug-likeness (QED) is 0.460. The van der Waals surface area contributed by atoms with E-state index >= 15 is 0 Å². The number of benzene rings is 2. The molecule has 4 nitrogen and oxygen atoms in total. The Morgan fingerprint density at radius 1 is 0.828 bits per heavy atom. The van der Waals surface area contributed by atoms with E-state index in [1.165, 1.54) is 33.4 Å². The van der Waals surface area contributed by atoms with Crippen molar-refractivity contribution >= 4 is 0 Å². The minimum Gasteiger partial charge on any atom is -0.342 e. The van der Waals surface area contributed by atoms with Gasteiger partial charge in [-0.15, -0.1) is 0 Å². The zero-order valence-corrected chi connectivity index (χ0v) is 17.2. The first kappa shape index (κ1) is 17.9. The summed E-state index contributed by atoms with van der Waals surface area (Å²) in [5.74, 6) is 2.49. The standard InChI is InChI=1S/C25H26N4/c1-4-24-26-13-22(28-24)18-7-9-20-16(11-18)5-6-17-12-19(8-10-21(17)20)23-14-27-25(29-23)15(2)3/h7-15H,4-6H2,1-3H3,(H,26,28)(H,27,29). The van der Waals surface area contributed by atoms with Crippen LogP contribution in [0, 0.1) is 0 Å². The lowest BCUT2D eigenvalue weighted by atomic mass is 9.83. The molecule has 0 saturated heterocycles. The molecule has 2 heterocycles. The Hall–Kier alpha value is -3.14. The highest BCUT2D eigenvalue weighted by atomic mass is 14.9. The molecule has 0 amide bonds. The summed E-state index contributed by atoms with van der Waals surface area (Å²) in [5, 5.41) is 0. The number of aromatic nitrogens is 4. The van der Waals surface area contributed by atoms with E-state index in [9.17, 15) is 0 Å². The van der Waals surface area contributed by atoms with Gasteiger partial charge in [0.25, 0.3) is 0 Å². The van der Waals surface area contributed by atoms with Crippen LogP contribution >= 0.6 is 0 Å². The number of fused-ring (bicyclic) bond motifs is 3. The predicted octanol–water partition coefficient (Wildman–Crippen LogP) is 5.92. The van der Waals surface area contributed by atoms with E-state index in [-0.39, 0.29) is 0 Å². The van der Waals surface area contributed by atoms with Crippen molar-refractivity contribution in [2.75, 3.05) is 0 Å². The van der Waals surface area contributed by atoms with Crippen LogP contribution < -0.4 is 0 Å². The van der Waals surface area contributed by atoms with Crippen LogP contribution in [0.3, 0.4) is 0 Å². The van der Waals surface area contributed by atoms with Gasteiger partial charge in [-0.3, -0.25) is 0 Å². The van der Waals surface area contributed by atoms with Crippen LogP contribution in [0.4, 0.5) is 0 Å². The maximum atomic E-state index is 4.52. The lowest BCUT2D eigenvalue weighted by Gasteiger charge is -2.21. The van der Waals surface area contributed by atoms with Crippen LogP contribution in [0.2, 0.25) is 0 Å². The molecule has 4 heteroatoms. The van der Waals surface area contributed by atoms with Crippen molar-refractivity contribution in [3.05, 3.63) is 71.6 Å². The topological polar surface area (TPSA) is 57.4 Å². The predicted molar refractivity (Wildman–Crippen MR) is 118 cm³/mol. The summed E-state index contributed by atoms with van der Waals surface area (Å²) >= 11 is 0. The third kappa shape index (κ3) is 3.19. The van der Waals surface area contributed by atoms with Crippen molar-refractivity contribution in [1.82, 2.24) is 19.9 Å². The Morgan fingerprint density at radius 3 is 1.93 bits per heavy atom. The van der Waals surface area contributed by atoms with Crippen molar-refractivity contribution in [2.24, 2.45) is 0 Å². The number of nitrogens with zero attached hydrogens (tertiary/aromatic N) is 2. The molecule has 29 heavy (non-hydrogen) atoms. The monoisotopic (exact) mass is 382 g/mol. The Balaban J connectivity index is 1.49. The zero-order valence-electron chi connectivity index (χ0n) is 17.2. The molecule has 0 fully saturated rings. The van der Waals surface area contributed by atoms with Gasteiger partial charge in [0.05, 0.1) is 23.8 Å². The van der Waals surface area contributed by atoms with Crippen LogP contribution in [-0.2, 0) is 19.3 Å². The molecule has 1 aliphatic rings. The summed E-state index contributed by atoms with van der Waals surface area (Å²) in [4.78, 5) is 15.9. The highest BCUT2D eigenvalue weighted by Crippen LogP contribution is 2.37. The fraction of sp³-hybridized carbons (Fsp3) is 0.280. The van der Waals surface area contributed by atoms with E-state index < -0.39 is 0 Å². The summed E-state index contributed by atoms with van der Waals surface area (Å²) < 4.78 is 0. The van der Waals surface area contributed by atoms with Crippen LogP contribution in [-0.4, -0.2) is 19.9 Å². The summed E-state index contributed by atoms with van der Waals surface area (Å²) in [5.41, 5.74) is 10.2. The third-order valence-electron chi connectivity index (χ3n) is 5.89. The molecule has 2 aromatic carbocycles. The molecular weight excluding hydrogens is 356 g/mol. The highest BCUT2D eigenvalue weighted by Gasteiger charge is 2.18. The average molecular weight is 383 g/mol. The first-order valence-corrected chi connectivity index (χ1v) is 10.5. The highest BCUT2D eigenvalue weighted by molar-refractivity contribution is 5.79. The van der Waals surface area contributed by atoms with Crippen LogP contribution in [0.25, 0.3) is 33.6 Å². The molecule has 2 aromatic heterocycles. The average Bonchev–Trinajstić information content (AvgIpc) is 3.42. The lowest BCUT2D eigenvalue weighted by Crippen LogP contribution is -2.04. The van der Waals surface area contributed by atoms with Crippen molar-refractivity contribution in [3.8, 4) is 33.6 Å². The molecule has 0 atom stereocenters. The van der Waals surface area contributed by atoms with Gasteiger partial charge in [0.15, 0.2) is 0 Å². The number of imidazole rings is 2. The second-order valence-electron chi connectivity index (χ2n) is 8.18. The van der Waals surface area contributed by atoms with Crippen molar-refractivity contribution in [2.45, 2.75) is 46.0 Å². The Kier molecular flexibility index (Phi) is 4.35. The SMILES string of the molecule is CCc1ncc(-c2ccc3c(c2)CCc2cc(-c4cnc(C(C)C)[nH]4)ccc2-3)[nH]1. The Labute approximate surface area is 171 Å². The number of hydrogen-bond donors (Lipinski definition) is 2. The number of aryl methyl sites for hydroxylation is 3.